The Morgan fingerprint density at radius 3 is 2.18 bits per heavy atom. The van der Waals surface area contributed by atoms with Gasteiger partial charge in [0.2, 0.25) is 5.91 Å². The van der Waals surface area contributed by atoms with E-state index in [4.69, 9.17) is 0 Å². The first-order valence-corrected chi connectivity index (χ1v) is 14.6. The summed E-state index contributed by atoms with van der Waals surface area (Å²) < 4.78 is 30.1. The van der Waals surface area contributed by atoms with Gasteiger partial charge < -0.3 is 5.32 Å². The molecule has 1 fully saturated rings. The molecule has 0 spiro atoms. The molecule has 1 aliphatic rings. The fourth-order valence-corrected chi connectivity index (χ4v) is 5.84. The lowest BCUT2D eigenvalue weighted by atomic mass is 9.77. The molecule has 0 bridgehead atoms. The van der Waals surface area contributed by atoms with Crippen LogP contribution in [-0.4, -0.2) is 12.5 Å². The van der Waals surface area contributed by atoms with Gasteiger partial charge in [-0.05, 0) is 90.8 Å². The van der Waals surface area contributed by atoms with Gasteiger partial charge in [0.25, 0.3) is 0 Å². The Bertz CT molecular complexity index is 1240. The van der Waals surface area contributed by atoms with E-state index >= 15 is 4.39 Å². The molecule has 2 nitrogen and oxygen atoms in total. The van der Waals surface area contributed by atoms with E-state index in [9.17, 15) is 9.18 Å². The Labute approximate surface area is 232 Å². The van der Waals surface area contributed by atoms with Gasteiger partial charge >= 0.3 is 0 Å². The summed E-state index contributed by atoms with van der Waals surface area (Å²) in [5.41, 5.74) is 4.47. The Kier molecular flexibility index (Phi) is 10.5. The molecule has 0 radical (unpaired) electrons. The van der Waals surface area contributed by atoms with Crippen LogP contribution in [0.4, 0.5) is 8.78 Å². The molecule has 1 amide bonds. The molecule has 0 aromatic heterocycles. The lowest BCUT2D eigenvalue weighted by Gasteiger charge is -2.29. The van der Waals surface area contributed by atoms with Crippen molar-refractivity contribution >= 4 is 5.91 Å². The third-order valence-corrected chi connectivity index (χ3v) is 8.20. The lowest BCUT2D eigenvalue weighted by molar-refractivity contribution is -0.116. The molecule has 3 aromatic rings. The summed E-state index contributed by atoms with van der Waals surface area (Å²) >= 11 is 0. The van der Waals surface area contributed by atoms with Gasteiger partial charge in [0.15, 0.2) is 0 Å². The summed E-state index contributed by atoms with van der Waals surface area (Å²) in [7, 11) is 0. The smallest absolute Gasteiger partial charge is 0.243 e. The van der Waals surface area contributed by atoms with E-state index in [1.807, 2.05) is 12.1 Å². The van der Waals surface area contributed by atoms with Crippen LogP contribution in [0.3, 0.4) is 0 Å². The van der Waals surface area contributed by atoms with Gasteiger partial charge in [0.05, 0.1) is 0 Å². The third kappa shape index (κ3) is 7.88. The van der Waals surface area contributed by atoms with E-state index < -0.39 is 11.6 Å². The number of halogens is 2. The van der Waals surface area contributed by atoms with Crippen LogP contribution in [0.1, 0.15) is 81.8 Å². The summed E-state index contributed by atoms with van der Waals surface area (Å²) in [6, 6.07) is 18.5. The Morgan fingerprint density at radius 1 is 0.872 bits per heavy atom. The van der Waals surface area contributed by atoms with Crippen LogP contribution < -0.4 is 5.32 Å². The van der Waals surface area contributed by atoms with Crippen molar-refractivity contribution in [3.8, 4) is 22.3 Å². The first-order chi connectivity index (χ1) is 19.0. The van der Waals surface area contributed by atoms with Crippen LogP contribution in [0.5, 0.6) is 0 Å². The highest BCUT2D eigenvalue weighted by atomic mass is 19.1. The normalized spacial score (nSPS) is 17.1. The maximum absolute atomic E-state index is 15.2. The van der Waals surface area contributed by atoms with Gasteiger partial charge in [-0.15, -0.1) is 0 Å². The molecule has 0 aliphatic heterocycles. The second-order valence-corrected chi connectivity index (χ2v) is 10.9. The molecule has 0 saturated heterocycles. The molecule has 4 rings (SSSR count). The second-order valence-electron chi connectivity index (χ2n) is 10.9. The van der Waals surface area contributed by atoms with Crippen LogP contribution in [0.25, 0.3) is 22.3 Å². The summed E-state index contributed by atoms with van der Waals surface area (Å²) in [6.07, 6.45) is 13.1. The van der Waals surface area contributed by atoms with Crippen LogP contribution in [0.2, 0.25) is 0 Å². The van der Waals surface area contributed by atoms with Crippen molar-refractivity contribution in [2.45, 2.75) is 77.0 Å². The number of benzene rings is 3. The summed E-state index contributed by atoms with van der Waals surface area (Å²) in [5, 5.41) is 2.71. The summed E-state index contributed by atoms with van der Waals surface area (Å²) in [5.74, 6) is 0.418. The molecule has 1 N–H and O–H groups in total. The number of amides is 1. The van der Waals surface area contributed by atoms with E-state index in [1.165, 1.54) is 75.1 Å². The van der Waals surface area contributed by atoms with Gasteiger partial charge in [-0.1, -0.05) is 87.7 Å². The SMILES string of the molecule is C=CC(=O)NCCCc1ccc(-c2ccc(-c3ccc(C4CCC(CCCCC)CC4)cc3)cc2F)c(F)c1. The van der Waals surface area contributed by atoms with Crippen LogP contribution in [0.15, 0.2) is 73.3 Å². The van der Waals surface area contributed by atoms with Gasteiger partial charge in [-0.2, -0.15) is 0 Å². The first kappa shape index (κ1) is 28.7. The van der Waals surface area contributed by atoms with E-state index in [-0.39, 0.29) is 17.0 Å². The number of hydrogen-bond donors (Lipinski definition) is 1. The fraction of sp³-hybridized carbons (Fsp3) is 0.400. The highest BCUT2D eigenvalue weighted by molar-refractivity contribution is 5.86. The Morgan fingerprint density at radius 2 is 1.54 bits per heavy atom. The van der Waals surface area contributed by atoms with Crippen molar-refractivity contribution in [2.24, 2.45) is 5.92 Å². The van der Waals surface area contributed by atoms with E-state index in [0.717, 1.165) is 22.6 Å². The van der Waals surface area contributed by atoms with Crippen molar-refractivity contribution in [1.82, 2.24) is 5.32 Å². The van der Waals surface area contributed by atoms with Gasteiger partial charge in [-0.3, -0.25) is 4.79 Å². The number of carbonyl (C=O) groups excluding carboxylic acids is 1. The largest absolute Gasteiger partial charge is 0.353 e. The quantitative estimate of drug-likeness (QED) is 0.184. The van der Waals surface area contributed by atoms with Crippen LogP contribution in [0, 0.1) is 17.6 Å². The van der Waals surface area contributed by atoms with Gasteiger partial charge in [-0.25, -0.2) is 8.78 Å². The predicted molar refractivity (Wildman–Crippen MR) is 158 cm³/mol. The number of hydrogen-bond acceptors (Lipinski definition) is 1. The summed E-state index contributed by atoms with van der Waals surface area (Å²) in [4.78, 5) is 11.2. The topological polar surface area (TPSA) is 29.1 Å². The van der Waals surface area contributed by atoms with Crippen molar-refractivity contribution < 1.29 is 13.6 Å². The van der Waals surface area contributed by atoms with Gasteiger partial charge in [0, 0.05) is 17.7 Å². The van der Waals surface area contributed by atoms with Crippen molar-refractivity contribution in [2.75, 3.05) is 6.54 Å². The second kappa shape index (κ2) is 14.2. The molecule has 206 valence electrons. The zero-order chi connectivity index (χ0) is 27.6. The Balaban J connectivity index is 1.36. The molecular formula is C35H41F2NO. The third-order valence-electron chi connectivity index (χ3n) is 8.20. The molecule has 39 heavy (non-hydrogen) atoms. The highest BCUT2D eigenvalue weighted by Crippen LogP contribution is 2.38. The molecule has 0 unspecified atom stereocenters. The number of nitrogens with one attached hydrogen (secondary N) is 1. The maximum atomic E-state index is 15.2. The maximum Gasteiger partial charge on any atom is 0.243 e. The molecule has 1 saturated carbocycles. The minimum atomic E-state index is -0.446. The zero-order valence-electron chi connectivity index (χ0n) is 23.2. The number of unbranched alkanes of at least 4 members (excludes halogenated alkanes) is 2. The average Bonchev–Trinajstić information content (AvgIpc) is 2.96. The lowest BCUT2D eigenvalue weighted by Crippen LogP contribution is -2.22. The van der Waals surface area contributed by atoms with E-state index in [2.05, 4.69) is 43.1 Å². The fourth-order valence-electron chi connectivity index (χ4n) is 5.84. The number of aryl methyl sites for hydroxylation is 1. The standard InChI is InChI=1S/C35H41F2NO/c1-3-5-6-8-25-10-13-27(14-11-25)28-15-17-29(18-16-28)30-19-21-32(34(37)24-30)31-20-12-26(23-33(31)36)9-7-22-38-35(39)4-2/h4,12,15-21,23-25,27H,2-3,5-11,13-14,22H2,1H3,(H,38,39). The van der Waals surface area contributed by atoms with Crippen molar-refractivity contribution in [3.63, 3.8) is 0 Å². The van der Waals surface area contributed by atoms with Crippen molar-refractivity contribution in [3.05, 3.63) is 96.1 Å². The van der Waals surface area contributed by atoms with Gasteiger partial charge in [0.1, 0.15) is 11.6 Å². The molecule has 3 aromatic carbocycles. The zero-order valence-corrected chi connectivity index (χ0v) is 23.2. The monoisotopic (exact) mass is 529 g/mol. The molecule has 0 atom stereocenters. The number of carbonyl (C=O) groups is 1. The van der Waals surface area contributed by atoms with Crippen LogP contribution in [-0.2, 0) is 11.2 Å². The average molecular weight is 530 g/mol. The molecule has 0 heterocycles. The Hall–Kier alpha value is -3.27. The number of rotatable bonds is 12. The minimum absolute atomic E-state index is 0.221. The van der Waals surface area contributed by atoms with Crippen molar-refractivity contribution in [1.29, 1.82) is 0 Å². The summed E-state index contributed by atoms with van der Waals surface area (Å²) in [6.45, 7) is 6.17. The minimum Gasteiger partial charge on any atom is -0.353 e. The first-order valence-electron chi connectivity index (χ1n) is 14.6. The van der Waals surface area contributed by atoms with Crippen LogP contribution >= 0.6 is 0 Å². The van der Waals surface area contributed by atoms with E-state index in [1.54, 1.807) is 12.1 Å². The molecular weight excluding hydrogens is 488 g/mol. The predicted octanol–water partition coefficient (Wildman–Crippen LogP) is 9.39. The molecule has 4 heteroatoms. The van der Waals surface area contributed by atoms with E-state index in [0.29, 0.717) is 25.3 Å². The highest BCUT2D eigenvalue weighted by Gasteiger charge is 2.22. The molecule has 1 aliphatic carbocycles.